The molecule has 1 aromatic heterocycles. The van der Waals surface area contributed by atoms with Crippen LogP contribution in [0, 0.1) is 0 Å². The van der Waals surface area contributed by atoms with Gasteiger partial charge in [0.1, 0.15) is 5.00 Å². The fourth-order valence-electron chi connectivity index (χ4n) is 2.45. The van der Waals surface area contributed by atoms with Crippen molar-refractivity contribution in [3.8, 4) is 0 Å². The number of nitrogens with zero attached hydrogens (tertiary/aromatic N) is 1. The zero-order chi connectivity index (χ0) is 21.1. The Morgan fingerprint density at radius 2 is 1.83 bits per heavy atom. The summed E-state index contributed by atoms with van der Waals surface area (Å²) in [6.07, 6.45) is -3.48. The molecule has 0 aliphatic heterocycles. The van der Waals surface area contributed by atoms with Gasteiger partial charge in [-0.15, -0.1) is 11.3 Å². The summed E-state index contributed by atoms with van der Waals surface area (Å²) in [7, 11) is -4.34. The molecule has 2 aromatic carbocycles. The molecular weight excluding hydrogens is 427 g/mol. The van der Waals surface area contributed by atoms with Gasteiger partial charge in [0.05, 0.1) is 22.2 Å². The van der Waals surface area contributed by atoms with Crippen molar-refractivity contribution in [2.24, 2.45) is 0 Å². The van der Waals surface area contributed by atoms with Crippen molar-refractivity contribution in [2.45, 2.75) is 17.6 Å². The number of anilines is 1. The van der Waals surface area contributed by atoms with Gasteiger partial charge in [0.2, 0.25) is 0 Å². The standard InChI is InChI=1S/C18H14F3N3O3S2/c19-18(20,21)14-7-6-13(9-23-17(25)12-4-2-1-3-5-12)15(8-14)29(26,27)24-16-10-22-11-28-16/h1-8,10-11,24H,9H2,(H,23,25). The van der Waals surface area contributed by atoms with Crippen molar-refractivity contribution in [2.75, 3.05) is 4.72 Å². The van der Waals surface area contributed by atoms with Crippen molar-refractivity contribution in [3.05, 3.63) is 76.9 Å². The minimum Gasteiger partial charge on any atom is -0.348 e. The predicted octanol–water partition coefficient (Wildman–Crippen LogP) is 3.89. The first-order chi connectivity index (χ1) is 13.7. The number of carbonyl (C=O) groups excluding carboxylic acids is 1. The van der Waals surface area contributed by atoms with Crippen molar-refractivity contribution in [3.63, 3.8) is 0 Å². The van der Waals surface area contributed by atoms with Crippen LogP contribution in [0.4, 0.5) is 18.2 Å². The average Bonchev–Trinajstić information content (AvgIpc) is 3.18. The molecule has 152 valence electrons. The van der Waals surface area contributed by atoms with Crippen molar-refractivity contribution >= 4 is 32.3 Å². The number of carbonyl (C=O) groups is 1. The number of nitrogens with one attached hydrogen (secondary N) is 2. The second-order valence-electron chi connectivity index (χ2n) is 5.84. The molecule has 0 fully saturated rings. The highest BCUT2D eigenvalue weighted by molar-refractivity contribution is 7.93. The third-order valence-electron chi connectivity index (χ3n) is 3.83. The van der Waals surface area contributed by atoms with Crippen LogP contribution in [0.2, 0.25) is 0 Å². The number of hydrogen-bond donors (Lipinski definition) is 2. The molecule has 0 aliphatic rings. The zero-order valence-corrected chi connectivity index (χ0v) is 16.2. The molecule has 6 nitrogen and oxygen atoms in total. The van der Waals surface area contributed by atoms with Crippen LogP contribution >= 0.6 is 11.3 Å². The number of benzene rings is 2. The first-order valence-electron chi connectivity index (χ1n) is 8.11. The van der Waals surface area contributed by atoms with E-state index in [0.717, 1.165) is 23.5 Å². The number of alkyl halides is 3. The summed E-state index contributed by atoms with van der Waals surface area (Å²) < 4.78 is 66.9. The van der Waals surface area contributed by atoms with E-state index in [9.17, 15) is 26.4 Å². The molecule has 1 heterocycles. The maximum Gasteiger partial charge on any atom is 0.416 e. The minimum atomic E-state index is -4.72. The number of aromatic nitrogens is 1. The van der Waals surface area contributed by atoms with Crippen LogP contribution in [0.1, 0.15) is 21.5 Å². The molecule has 11 heteroatoms. The van der Waals surface area contributed by atoms with Gasteiger partial charge in [-0.2, -0.15) is 13.2 Å². The minimum absolute atomic E-state index is 0.0132. The third-order valence-corrected chi connectivity index (χ3v) is 6.09. The van der Waals surface area contributed by atoms with Crippen LogP contribution in [0.5, 0.6) is 0 Å². The maximum atomic E-state index is 13.1. The molecule has 0 atom stereocenters. The molecule has 3 rings (SSSR count). The summed E-state index contributed by atoms with van der Waals surface area (Å²) in [5.41, 5.74) is 0.622. The van der Waals surface area contributed by atoms with E-state index in [4.69, 9.17) is 0 Å². The molecule has 0 unspecified atom stereocenters. The number of hydrogen-bond acceptors (Lipinski definition) is 5. The van der Waals surface area contributed by atoms with Gasteiger partial charge in [0.15, 0.2) is 0 Å². The highest BCUT2D eigenvalue weighted by Gasteiger charge is 2.33. The van der Waals surface area contributed by atoms with Crippen molar-refractivity contribution < 1.29 is 26.4 Å². The topological polar surface area (TPSA) is 88.2 Å². The molecule has 2 N–H and O–H groups in total. The zero-order valence-electron chi connectivity index (χ0n) is 14.6. The molecular formula is C18H14F3N3O3S2. The normalized spacial score (nSPS) is 11.8. The Kier molecular flexibility index (Phi) is 5.89. The molecule has 0 bridgehead atoms. The number of rotatable bonds is 6. The van der Waals surface area contributed by atoms with Gasteiger partial charge in [-0.25, -0.2) is 8.42 Å². The molecule has 0 saturated carbocycles. The third kappa shape index (κ3) is 5.12. The van der Waals surface area contributed by atoms with Gasteiger partial charge in [-0.3, -0.25) is 14.5 Å². The first kappa shape index (κ1) is 20.8. The molecule has 1 amide bonds. The SMILES string of the molecule is O=C(NCc1ccc(C(F)(F)F)cc1S(=O)(=O)Nc1cncs1)c1ccccc1. The molecule has 29 heavy (non-hydrogen) atoms. The Morgan fingerprint density at radius 1 is 1.10 bits per heavy atom. The Labute approximate surface area is 168 Å². The molecule has 0 spiro atoms. The Balaban J connectivity index is 1.92. The van der Waals surface area contributed by atoms with Gasteiger partial charge in [-0.1, -0.05) is 24.3 Å². The summed E-state index contributed by atoms with van der Waals surface area (Å²) >= 11 is 0.982. The summed E-state index contributed by atoms with van der Waals surface area (Å²) in [5.74, 6) is -0.482. The summed E-state index contributed by atoms with van der Waals surface area (Å²) in [5, 5.41) is 2.68. The van der Waals surface area contributed by atoms with Crippen LogP contribution in [-0.2, 0) is 22.7 Å². The summed E-state index contributed by atoms with van der Waals surface area (Å²) in [4.78, 5) is 15.4. The van der Waals surface area contributed by atoms with Crippen molar-refractivity contribution in [1.82, 2.24) is 10.3 Å². The number of halogens is 3. The monoisotopic (exact) mass is 441 g/mol. The smallest absolute Gasteiger partial charge is 0.348 e. The van der Waals surface area contributed by atoms with Gasteiger partial charge in [-0.05, 0) is 29.8 Å². The van der Waals surface area contributed by atoms with E-state index < -0.39 is 32.6 Å². The lowest BCUT2D eigenvalue weighted by Gasteiger charge is -2.15. The van der Waals surface area contributed by atoms with Gasteiger partial charge in [0, 0.05) is 12.1 Å². The quantitative estimate of drug-likeness (QED) is 0.608. The fraction of sp³-hybridized carbons (Fsp3) is 0.111. The largest absolute Gasteiger partial charge is 0.416 e. The Hall–Kier alpha value is -2.92. The number of thiazole rings is 1. The highest BCUT2D eigenvalue weighted by Crippen LogP contribution is 2.32. The summed E-state index contributed by atoms with van der Waals surface area (Å²) in [6.45, 7) is -0.273. The van der Waals surface area contributed by atoms with E-state index in [1.54, 1.807) is 30.3 Å². The fourth-order valence-corrected chi connectivity index (χ4v) is 4.52. The predicted molar refractivity (Wildman–Crippen MR) is 102 cm³/mol. The van der Waals surface area contributed by atoms with E-state index >= 15 is 0 Å². The second kappa shape index (κ2) is 8.21. The van der Waals surface area contributed by atoms with Crippen LogP contribution in [0.15, 0.2) is 65.1 Å². The van der Waals surface area contributed by atoms with E-state index in [2.05, 4.69) is 15.0 Å². The van der Waals surface area contributed by atoms with Crippen LogP contribution in [0.25, 0.3) is 0 Å². The Bertz CT molecular complexity index is 1100. The first-order valence-corrected chi connectivity index (χ1v) is 10.5. The summed E-state index contributed by atoms with van der Waals surface area (Å²) in [6, 6.07) is 10.5. The van der Waals surface area contributed by atoms with Crippen LogP contribution < -0.4 is 10.0 Å². The lowest BCUT2D eigenvalue weighted by Crippen LogP contribution is -2.25. The molecule has 3 aromatic rings. The van der Waals surface area contributed by atoms with Gasteiger partial charge in [0.25, 0.3) is 15.9 Å². The highest BCUT2D eigenvalue weighted by atomic mass is 32.2. The van der Waals surface area contributed by atoms with Gasteiger partial charge >= 0.3 is 6.18 Å². The average molecular weight is 441 g/mol. The van der Waals surface area contributed by atoms with E-state index in [-0.39, 0.29) is 17.1 Å². The lowest BCUT2D eigenvalue weighted by molar-refractivity contribution is -0.137. The van der Waals surface area contributed by atoms with E-state index in [1.165, 1.54) is 11.7 Å². The lowest BCUT2D eigenvalue weighted by atomic mass is 10.1. The molecule has 0 aliphatic carbocycles. The van der Waals surface area contributed by atoms with Gasteiger partial charge < -0.3 is 5.32 Å². The van der Waals surface area contributed by atoms with Crippen molar-refractivity contribution in [1.29, 1.82) is 0 Å². The molecule has 0 radical (unpaired) electrons. The Morgan fingerprint density at radius 3 is 2.45 bits per heavy atom. The number of amides is 1. The van der Waals surface area contributed by atoms with Crippen LogP contribution in [-0.4, -0.2) is 19.3 Å². The van der Waals surface area contributed by atoms with E-state index in [1.807, 2.05) is 0 Å². The maximum absolute atomic E-state index is 13.1. The van der Waals surface area contributed by atoms with E-state index in [0.29, 0.717) is 11.6 Å². The second-order valence-corrected chi connectivity index (χ2v) is 8.38. The molecule has 0 saturated heterocycles. The van der Waals surface area contributed by atoms with Crippen LogP contribution in [0.3, 0.4) is 0 Å². The number of sulfonamides is 1.